The molecule has 2 atom stereocenters. The van der Waals surface area contributed by atoms with E-state index in [2.05, 4.69) is 50.2 Å². The summed E-state index contributed by atoms with van der Waals surface area (Å²) in [6, 6.07) is 5.33. The molecule has 1 aromatic rings. The molecule has 19 heavy (non-hydrogen) atoms. The van der Waals surface area contributed by atoms with Gasteiger partial charge in [-0.15, -0.1) is 12.4 Å². The van der Waals surface area contributed by atoms with Crippen molar-refractivity contribution >= 4 is 39.7 Å². The van der Waals surface area contributed by atoms with Crippen LogP contribution in [0.1, 0.15) is 17.9 Å². The van der Waals surface area contributed by atoms with Crippen molar-refractivity contribution in [2.24, 2.45) is 0 Å². The van der Waals surface area contributed by atoms with E-state index in [-0.39, 0.29) is 12.4 Å². The van der Waals surface area contributed by atoms with E-state index >= 15 is 0 Å². The van der Waals surface area contributed by atoms with Gasteiger partial charge < -0.3 is 15.1 Å². The lowest BCUT2D eigenvalue weighted by atomic mass is 9.90. The van der Waals surface area contributed by atoms with Crippen LogP contribution in [-0.2, 0) is 0 Å². The van der Waals surface area contributed by atoms with Crippen LogP contribution >= 0.6 is 28.3 Å². The highest BCUT2D eigenvalue weighted by atomic mass is 79.9. The third-order valence-corrected chi connectivity index (χ3v) is 5.16. The Labute approximate surface area is 128 Å². The molecule has 1 aromatic carbocycles. The molecule has 3 aliphatic rings. The van der Waals surface area contributed by atoms with Crippen molar-refractivity contribution in [2.45, 2.75) is 18.4 Å². The molecule has 0 aliphatic carbocycles. The normalized spacial score (nSPS) is 27.7. The van der Waals surface area contributed by atoms with E-state index < -0.39 is 0 Å². The molecule has 104 valence electrons. The number of nitrogens with one attached hydrogen (secondary N) is 1. The largest absolute Gasteiger partial charge is 0.371 e. The van der Waals surface area contributed by atoms with E-state index in [1.54, 1.807) is 5.56 Å². The lowest BCUT2D eigenvalue weighted by Gasteiger charge is -2.39. The lowest BCUT2D eigenvalue weighted by Crippen LogP contribution is -2.48. The van der Waals surface area contributed by atoms with E-state index in [0.29, 0.717) is 5.92 Å². The van der Waals surface area contributed by atoms with Crippen molar-refractivity contribution in [3.8, 4) is 0 Å². The van der Waals surface area contributed by atoms with Gasteiger partial charge in [0.2, 0.25) is 0 Å². The highest BCUT2D eigenvalue weighted by Crippen LogP contribution is 2.50. The second-order valence-corrected chi connectivity index (χ2v) is 6.56. The Morgan fingerprint density at radius 3 is 3.00 bits per heavy atom. The molecule has 0 saturated carbocycles. The summed E-state index contributed by atoms with van der Waals surface area (Å²) < 4.78 is 1.22. The SMILES string of the molecule is CN1CCN2c3c(cc(Br)cc31)[C@@H]1CNCC[C@@H]12.Cl. The molecule has 4 rings (SSSR count). The van der Waals surface area contributed by atoms with Gasteiger partial charge in [-0.1, -0.05) is 15.9 Å². The summed E-state index contributed by atoms with van der Waals surface area (Å²) in [7, 11) is 2.21. The standard InChI is InChI=1S/C14H18BrN3.ClH/c1-17-4-5-18-12-2-3-16-8-11(12)10-6-9(15)7-13(17)14(10)18;/h6-7,11-12,16H,2-5,8H2,1H3;1H/t11-,12-;/m0./s1. The quantitative estimate of drug-likeness (QED) is 0.780. The smallest absolute Gasteiger partial charge is 0.0644 e. The number of piperidine rings is 1. The Bertz CT molecular complexity index is 508. The molecule has 3 heterocycles. The van der Waals surface area contributed by atoms with Crippen molar-refractivity contribution in [1.29, 1.82) is 0 Å². The number of benzene rings is 1. The molecule has 5 heteroatoms. The predicted octanol–water partition coefficient (Wildman–Crippen LogP) is 2.59. The van der Waals surface area contributed by atoms with E-state index in [1.807, 2.05) is 0 Å². The fraction of sp³-hybridized carbons (Fsp3) is 0.571. The van der Waals surface area contributed by atoms with Gasteiger partial charge in [-0.05, 0) is 30.7 Å². The minimum absolute atomic E-state index is 0. The van der Waals surface area contributed by atoms with Crippen LogP contribution in [0.3, 0.4) is 0 Å². The van der Waals surface area contributed by atoms with Gasteiger partial charge in [0.15, 0.2) is 0 Å². The number of hydrogen-bond donors (Lipinski definition) is 1. The molecule has 0 radical (unpaired) electrons. The van der Waals surface area contributed by atoms with Gasteiger partial charge in [-0.2, -0.15) is 0 Å². The minimum Gasteiger partial charge on any atom is -0.371 e. The lowest BCUT2D eigenvalue weighted by molar-refractivity contribution is 0.402. The molecule has 3 nitrogen and oxygen atoms in total. The number of fused-ring (bicyclic) bond motifs is 3. The van der Waals surface area contributed by atoms with Crippen molar-refractivity contribution in [2.75, 3.05) is 43.0 Å². The van der Waals surface area contributed by atoms with Gasteiger partial charge in [-0.25, -0.2) is 0 Å². The maximum atomic E-state index is 3.68. The van der Waals surface area contributed by atoms with Crippen molar-refractivity contribution in [3.63, 3.8) is 0 Å². The van der Waals surface area contributed by atoms with Gasteiger partial charge in [0.25, 0.3) is 0 Å². The zero-order valence-electron chi connectivity index (χ0n) is 11.0. The fourth-order valence-corrected chi connectivity index (χ4v) is 4.31. The third-order valence-electron chi connectivity index (χ3n) is 4.70. The summed E-state index contributed by atoms with van der Waals surface area (Å²) in [4.78, 5) is 5.06. The summed E-state index contributed by atoms with van der Waals surface area (Å²) in [5.74, 6) is 0.677. The molecule has 0 bridgehead atoms. The van der Waals surface area contributed by atoms with Gasteiger partial charge in [0, 0.05) is 43.1 Å². The first-order valence-corrected chi connectivity index (χ1v) is 7.57. The summed E-state index contributed by atoms with van der Waals surface area (Å²) in [5.41, 5.74) is 4.45. The second-order valence-electron chi connectivity index (χ2n) is 5.64. The molecule has 0 spiro atoms. The first-order valence-electron chi connectivity index (χ1n) is 6.77. The Kier molecular flexibility index (Phi) is 3.44. The number of hydrogen-bond acceptors (Lipinski definition) is 3. The summed E-state index contributed by atoms with van der Waals surface area (Å²) in [6.45, 7) is 4.62. The number of anilines is 2. The third kappa shape index (κ3) is 1.88. The molecule has 3 aliphatic heterocycles. The van der Waals surface area contributed by atoms with Crippen LogP contribution in [-0.4, -0.2) is 39.3 Å². The predicted molar refractivity (Wildman–Crippen MR) is 86.0 cm³/mol. The van der Waals surface area contributed by atoms with E-state index in [4.69, 9.17) is 0 Å². The summed E-state index contributed by atoms with van der Waals surface area (Å²) >= 11 is 3.68. The number of rotatable bonds is 0. The topological polar surface area (TPSA) is 18.5 Å². The molecule has 1 N–H and O–H groups in total. The highest BCUT2D eigenvalue weighted by Gasteiger charge is 2.43. The minimum atomic E-state index is 0. The van der Waals surface area contributed by atoms with Crippen molar-refractivity contribution < 1.29 is 0 Å². The van der Waals surface area contributed by atoms with Crippen LogP contribution in [0.4, 0.5) is 11.4 Å². The molecule has 0 aromatic heterocycles. The zero-order valence-corrected chi connectivity index (χ0v) is 13.4. The molecular weight excluding hydrogens is 326 g/mol. The first-order chi connectivity index (χ1) is 8.75. The van der Waals surface area contributed by atoms with Gasteiger partial charge in [0.05, 0.1) is 11.4 Å². The average molecular weight is 345 g/mol. The van der Waals surface area contributed by atoms with E-state index in [0.717, 1.165) is 25.7 Å². The van der Waals surface area contributed by atoms with Crippen LogP contribution in [0.25, 0.3) is 0 Å². The number of nitrogens with zero attached hydrogens (tertiary/aromatic N) is 2. The maximum absolute atomic E-state index is 3.68. The second kappa shape index (κ2) is 4.83. The van der Waals surface area contributed by atoms with Crippen molar-refractivity contribution in [1.82, 2.24) is 5.32 Å². The fourth-order valence-electron chi connectivity index (χ4n) is 3.85. The molecule has 1 fully saturated rings. The summed E-state index contributed by atoms with van der Waals surface area (Å²) in [5, 5.41) is 3.56. The number of halogens is 2. The molecule has 1 saturated heterocycles. The molecular formula is C14H19BrClN3. The number of likely N-dealkylation sites (N-methyl/N-ethyl adjacent to an activating group) is 1. The van der Waals surface area contributed by atoms with Gasteiger partial charge in [-0.3, -0.25) is 0 Å². The zero-order chi connectivity index (χ0) is 12.3. The van der Waals surface area contributed by atoms with Crippen LogP contribution in [0, 0.1) is 0 Å². The monoisotopic (exact) mass is 343 g/mol. The first kappa shape index (κ1) is 13.5. The van der Waals surface area contributed by atoms with Crippen LogP contribution in [0.15, 0.2) is 16.6 Å². The Morgan fingerprint density at radius 1 is 1.32 bits per heavy atom. The molecule has 0 unspecified atom stereocenters. The Hall–Kier alpha value is -0.450. The average Bonchev–Trinajstić information content (AvgIpc) is 2.69. The molecule has 0 amide bonds. The van der Waals surface area contributed by atoms with Crippen LogP contribution < -0.4 is 15.1 Å². The van der Waals surface area contributed by atoms with Gasteiger partial charge in [0.1, 0.15) is 0 Å². The van der Waals surface area contributed by atoms with E-state index in [1.165, 1.54) is 28.8 Å². The highest BCUT2D eigenvalue weighted by molar-refractivity contribution is 9.10. The van der Waals surface area contributed by atoms with Crippen molar-refractivity contribution in [3.05, 3.63) is 22.2 Å². The van der Waals surface area contributed by atoms with Crippen LogP contribution in [0.5, 0.6) is 0 Å². The van der Waals surface area contributed by atoms with E-state index in [9.17, 15) is 0 Å². The Morgan fingerprint density at radius 2 is 2.16 bits per heavy atom. The van der Waals surface area contributed by atoms with Crippen LogP contribution in [0.2, 0.25) is 0 Å². The van der Waals surface area contributed by atoms with Gasteiger partial charge >= 0.3 is 0 Å². The Balaban J connectivity index is 0.00000110. The maximum Gasteiger partial charge on any atom is 0.0644 e. The summed E-state index contributed by atoms with van der Waals surface area (Å²) in [6.07, 6.45) is 1.28.